The lowest BCUT2D eigenvalue weighted by atomic mass is 10.1. The highest BCUT2D eigenvalue weighted by atomic mass is 19.4. The number of piperidine rings is 1. The monoisotopic (exact) mass is 512 g/mol. The average Bonchev–Trinajstić information content (AvgIpc) is 3.46. The standard InChI is InChI=1S/C19H23FN8O2.C3H5F3/c20-13-10-28(6-3-15(13)30)19-21-4-1-16(24-19)23-17-7-14-12(8-22-17)18(26-25-14)27-5-2-11(29)9-27;1-2-3(4,5)6/h1,4,7-8,11,13,15,29-30H,2-3,5-6,9-10H2,(H,25,26)(H,21,22,23,24);2H2,1H3. The van der Waals surface area contributed by atoms with Crippen molar-refractivity contribution in [2.75, 3.05) is 41.3 Å². The number of anilines is 4. The van der Waals surface area contributed by atoms with E-state index in [1.807, 2.05) is 11.0 Å². The summed E-state index contributed by atoms with van der Waals surface area (Å²) >= 11 is 0. The molecule has 5 rings (SSSR count). The number of aromatic amines is 1. The largest absolute Gasteiger partial charge is 0.391 e. The summed E-state index contributed by atoms with van der Waals surface area (Å²) in [5.41, 5.74) is 0.823. The molecule has 3 atom stereocenters. The van der Waals surface area contributed by atoms with Gasteiger partial charge in [0.2, 0.25) is 5.95 Å². The first kappa shape index (κ1) is 25.8. The van der Waals surface area contributed by atoms with Crippen LogP contribution in [0.1, 0.15) is 26.2 Å². The fourth-order valence-electron chi connectivity index (χ4n) is 3.92. The molecule has 0 saturated carbocycles. The number of pyridine rings is 1. The molecule has 0 spiro atoms. The number of aliphatic hydroxyl groups excluding tert-OH is 2. The predicted molar refractivity (Wildman–Crippen MR) is 126 cm³/mol. The molecule has 2 fully saturated rings. The summed E-state index contributed by atoms with van der Waals surface area (Å²) in [5.74, 6) is 2.32. The Balaban J connectivity index is 0.000000455. The third kappa shape index (κ3) is 6.29. The van der Waals surface area contributed by atoms with Crippen molar-refractivity contribution in [3.8, 4) is 0 Å². The normalized spacial score (nSPS) is 22.5. The van der Waals surface area contributed by atoms with Crippen LogP contribution in [-0.4, -0.2) is 86.1 Å². The summed E-state index contributed by atoms with van der Waals surface area (Å²) in [6.07, 6.45) is -2.83. The van der Waals surface area contributed by atoms with Gasteiger partial charge in [-0.25, -0.2) is 14.4 Å². The number of hydrogen-bond acceptors (Lipinski definition) is 9. The molecule has 10 nitrogen and oxygen atoms in total. The molecule has 36 heavy (non-hydrogen) atoms. The van der Waals surface area contributed by atoms with Gasteiger partial charge in [0.15, 0.2) is 5.82 Å². The average molecular weight is 513 g/mol. The lowest BCUT2D eigenvalue weighted by Gasteiger charge is -2.32. The summed E-state index contributed by atoms with van der Waals surface area (Å²) in [7, 11) is 0. The summed E-state index contributed by atoms with van der Waals surface area (Å²) in [6, 6.07) is 3.56. The van der Waals surface area contributed by atoms with E-state index in [2.05, 4.69) is 30.5 Å². The molecule has 0 bridgehead atoms. The third-order valence-corrected chi connectivity index (χ3v) is 5.98. The number of H-pyrrole nitrogens is 1. The van der Waals surface area contributed by atoms with Crippen molar-refractivity contribution in [1.82, 2.24) is 25.1 Å². The molecule has 14 heteroatoms. The maximum absolute atomic E-state index is 13.8. The van der Waals surface area contributed by atoms with Gasteiger partial charge in [0.05, 0.1) is 29.7 Å². The molecular weight excluding hydrogens is 484 g/mol. The number of aliphatic hydroxyl groups is 2. The van der Waals surface area contributed by atoms with Crippen LogP contribution in [0.25, 0.3) is 10.9 Å². The van der Waals surface area contributed by atoms with Crippen molar-refractivity contribution >= 4 is 34.3 Å². The summed E-state index contributed by atoms with van der Waals surface area (Å²) in [5, 5.41) is 30.8. The van der Waals surface area contributed by atoms with Crippen LogP contribution in [0.5, 0.6) is 0 Å². The number of nitrogens with zero attached hydrogens (tertiary/aromatic N) is 6. The van der Waals surface area contributed by atoms with E-state index in [1.165, 1.54) is 0 Å². The zero-order valence-electron chi connectivity index (χ0n) is 19.6. The third-order valence-electron chi connectivity index (χ3n) is 5.98. The van der Waals surface area contributed by atoms with Gasteiger partial charge in [0.25, 0.3) is 0 Å². The second-order valence-electron chi connectivity index (χ2n) is 8.70. The molecule has 3 aromatic rings. The van der Waals surface area contributed by atoms with E-state index in [9.17, 15) is 27.8 Å². The van der Waals surface area contributed by atoms with E-state index in [1.54, 1.807) is 23.4 Å². The van der Waals surface area contributed by atoms with E-state index in [0.717, 1.165) is 36.6 Å². The summed E-state index contributed by atoms with van der Waals surface area (Å²) in [6.45, 7) is 2.98. The summed E-state index contributed by atoms with van der Waals surface area (Å²) in [4.78, 5) is 16.9. The highest BCUT2D eigenvalue weighted by Crippen LogP contribution is 2.28. The minimum absolute atomic E-state index is 0.0664. The van der Waals surface area contributed by atoms with Gasteiger partial charge < -0.3 is 25.3 Å². The van der Waals surface area contributed by atoms with Crippen LogP contribution in [0, 0.1) is 0 Å². The van der Waals surface area contributed by atoms with E-state index < -0.39 is 24.9 Å². The van der Waals surface area contributed by atoms with Gasteiger partial charge in [0.1, 0.15) is 17.8 Å². The number of halogens is 4. The van der Waals surface area contributed by atoms with Crippen LogP contribution in [-0.2, 0) is 0 Å². The Labute approximate surface area is 204 Å². The molecular formula is C22H28F4N8O2. The van der Waals surface area contributed by atoms with Gasteiger partial charge in [-0.3, -0.25) is 5.10 Å². The molecule has 2 saturated heterocycles. The molecule has 5 heterocycles. The quantitative estimate of drug-likeness (QED) is 0.390. The van der Waals surface area contributed by atoms with Crippen LogP contribution >= 0.6 is 0 Å². The van der Waals surface area contributed by atoms with Crippen LogP contribution in [0.2, 0.25) is 0 Å². The van der Waals surface area contributed by atoms with Gasteiger partial charge >= 0.3 is 6.18 Å². The Kier molecular flexibility index (Phi) is 7.73. The smallest absolute Gasteiger partial charge is 0.388 e. The van der Waals surface area contributed by atoms with Crippen molar-refractivity contribution in [1.29, 1.82) is 0 Å². The summed E-state index contributed by atoms with van der Waals surface area (Å²) < 4.78 is 46.2. The minimum Gasteiger partial charge on any atom is -0.391 e. The van der Waals surface area contributed by atoms with E-state index in [-0.39, 0.29) is 12.6 Å². The second-order valence-corrected chi connectivity index (χ2v) is 8.70. The first-order chi connectivity index (χ1) is 17.1. The number of alkyl halides is 4. The molecule has 4 N–H and O–H groups in total. The van der Waals surface area contributed by atoms with E-state index >= 15 is 0 Å². The second kappa shape index (κ2) is 10.8. The highest BCUT2D eigenvalue weighted by molar-refractivity contribution is 5.91. The molecule has 0 amide bonds. The molecule has 196 valence electrons. The minimum atomic E-state index is -3.96. The number of fused-ring (bicyclic) bond motifs is 1. The maximum atomic E-state index is 13.8. The predicted octanol–water partition coefficient (Wildman–Crippen LogP) is 2.93. The number of nitrogens with one attached hydrogen (secondary N) is 2. The van der Waals surface area contributed by atoms with Gasteiger partial charge in [-0.15, -0.1) is 0 Å². The Morgan fingerprint density at radius 3 is 2.53 bits per heavy atom. The Morgan fingerprint density at radius 2 is 1.86 bits per heavy atom. The maximum Gasteiger partial charge on any atom is 0.388 e. The number of rotatable bonds is 4. The lowest BCUT2D eigenvalue weighted by Crippen LogP contribution is -2.45. The molecule has 0 aliphatic carbocycles. The molecule has 0 radical (unpaired) electrons. The van der Waals surface area contributed by atoms with Crippen molar-refractivity contribution in [3.05, 3.63) is 24.5 Å². The molecule has 2 aliphatic rings. The van der Waals surface area contributed by atoms with Crippen molar-refractivity contribution in [3.63, 3.8) is 0 Å². The van der Waals surface area contributed by atoms with Crippen molar-refractivity contribution in [2.24, 2.45) is 0 Å². The fraction of sp³-hybridized carbons (Fsp3) is 0.545. The van der Waals surface area contributed by atoms with Crippen LogP contribution in [0.3, 0.4) is 0 Å². The number of β-amino-alcohol motifs (C(OH)–C–C–N with tert-alkyl or cyclic N) is 1. The zero-order chi connectivity index (χ0) is 25.9. The zero-order valence-corrected chi connectivity index (χ0v) is 19.6. The van der Waals surface area contributed by atoms with E-state index in [4.69, 9.17) is 0 Å². The van der Waals surface area contributed by atoms with Crippen LogP contribution in [0.4, 0.5) is 41.0 Å². The Bertz CT molecular complexity index is 1160. The van der Waals surface area contributed by atoms with Crippen molar-refractivity contribution in [2.45, 2.75) is 50.7 Å². The number of aromatic nitrogens is 5. The Morgan fingerprint density at radius 1 is 1.11 bits per heavy atom. The van der Waals surface area contributed by atoms with Gasteiger partial charge in [-0.05, 0) is 18.9 Å². The highest BCUT2D eigenvalue weighted by Gasteiger charge is 2.29. The van der Waals surface area contributed by atoms with Gasteiger partial charge in [-0.1, -0.05) is 6.92 Å². The van der Waals surface area contributed by atoms with Crippen LogP contribution < -0.4 is 15.1 Å². The Hall–Kier alpha value is -3.26. The first-order valence-corrected chi connectivity index (χ1v) is 11.6. The molecule has 3 unspecified atom stereocenters. The lowest BCUT2D eigenvalue weighted by molar-refractivity contribution is -0.130. The topological polar surface area (TPSA) is 126 Å². The molecule has 2 aliphatic heterocycles. The fourth-order valence-corrected chi connectivity index (χ4v) is 3.92. The van der Waals surface area contributed by atoms with E-state index in [0.29, 0.717) is 37.1 Å². The molecule has 0 aromatic carbocycles. The molecule has 3 aromatic heterocycles. The van der Waals surface area contributed by atoms with Gasteiger partial charge in [-0.2, -0.15) is 23.3 Å². The van der Waals surface area contributed by atoms with Crippen molar-refractivity contribution < 1.29 is 27.8 Å². The number of hydrogen-bond donors (Lipinski definition) is 4. The SMILES string of the molecule is CCC(F)(F)F.OC1CCN(c2n[nH]c3cc(Nc4ccnc(N5CCC(O)C(F)C5)n4)ncc23)C1. The van der Waals surface area contributed by atoms with Gasteiger partial charge in [0, 0.05) is 44.5 Å². The first-order valence-electron chi connectivity index (χ1n) is 11.6. The van der Waals surface area contributed by atoms with Crippen LogP contribution in [0.15, 0.2) is 24.5 Å².